The summed E-state index contributed by atoms with van der Waals surface area (Å²) in [4.78, 5) is 12.1. The molecule has 2 saturated carbocycles. The number of rotatable bonds is 3. The Balaban J connectivity index is 1.83. The highest BCUT2D eigenvalue weighted by molar-refractivity contribution is 5.79. The van der Waals surface area contributed by atoms with Crippen LogP contribution in [0.5, 0.6) is 0 Å². The number of carbonyl (C=O) groups is 1. The third-order valence-electron chi connectivity index (χ3n) is 4.48. The molecule has 0 aromatic rings. The molecule has 0 heterocycles. The van der Waals surface area contributed by atoms with Crippen LogP contribution < -0.4 is 11.1 Å². The van der Waals surface area contributed by atoms with E-state index in [1.54, 1.807) is 0 Å². The normalized spacial score (nSPS) is 32.9. The van der Waals surface area contributed by atoms with Crippen LogP contribution >= 0.6 is 0 Å². The quantitative estimate of drug-likeness (QED) is 0.768. The smallest absolute Gasteiger partial charge is 0.223 e. The van der Waals surface area contributed by atoms with Gasteiger partial charge in [0.05, 0.1) is 5.54 Å². The maximum atomic E-state index is 12.1. The molecule has 2 rings (SSSR count). The predicted octanol–water partition coefficient (Wildman–Crippen LogP) is 1.81. The molecule has 0 bridgehead atoms. The molecule has 0 spiro atoms. The van der Waals surface area contributed by atoms with Gasteiger partial charge in [0.25, 0.3) is 0 Å². The minimum Gasteiger partial charge on any atom is -0.349 e. The van der Waals surface area contributed by atoms with Crippen LogP contribution in [-0.4, -0.2) is 18.0 Å². The van der Waals surface area contributed by atoms with E-state index in [1.165, 1.54) is 19.3 Å². The van der Waals surface area contributed by atoms with Gasteiger partial charge in [-0.15, -0.1) is 0 Å². The lowest BCUT2D eigenvalue weighted by atomic mass is 9.75. The topological polar surface area (TPSA) is 55.1 Å². The Kier molecular flexibility index (Phi) is 3.53. The highest BCUT2D eigenvalue weighted by Crippen LogP contribution is 2.33. The zero-order chi connectivity index (χ0) is 11.6. The Morgan fingerprint density at radius 3 is 2.38 bits per heavy atom. The number of hydrogen-bond acceptors (Lipinski definition) is 2. The molecule has 3 heteroatoms. The van der Waals surface area contributed by atoms with Crippen molar-refractivity contribution in [2.24, 2.45) is 17.6 Å². The maximum Gasteiger partial charge on any atom is 0.223 e. The fourth-order valence-electron chi connectivity index (χ4n) is 2.87. The second-order valence-corrected chi connectivity index (χ2v) is 5.78. The van der Waals surface area contributed by atoms with Crippen molar-refractivity contribution in [2.45, 2.75) is 57.4 Å². The molecular formula is C13H24N2O. The van der Waals surface area contributed by atoms with E-state index >= 15 is 0 Å². The lowest BCUT2D eigenvalue weighted by molar-refractivity contribution is -0.129. The summed E-state index contributed by atoms with van der Waals surface area (Å²) in [6, 6.07) is 0. The highest BCUT2D eigenvalue weighted by atomic mass is 16.2. The molecule has 2 fully saturated rings. The summed E-state index contributed by atoms with van der Waals surface area (Å²) in [5.74, 6) is 1.31. The van der Waals surface area contributed by atoms with E-state index in [1.807, 2.05) is 0 Å². The summed E-state index contributed by atoms with van der Waals surface area (Å²) in [5.41, 5.74) is 5.71. The zero-order valence-electron chi connectivity index (χ0n) is 10.3. The van der Waals surface area contributed by atoms with Gasteiger partial charge in [0.15, 0.2) is 0 Å². The number of amides is 1. The van der Waals surface area contributed by atoms with Crippen molar-refractivity contribution in [1.82, 2.24) is 5.32 Å². The average molecular weight is 224 g/mol. The van der Waals surface area contributed by atoms with Gasteiger partial charge >= 0.3 is 0 Å². The van der Waals surface area contributed by atoms with E-state index in [9.17, 15) is 4.79 Å². The van der Waals surface area contributed by atoms with Crippen molar-refractivity contribution in [3.63, 3.8) is 0 Å². The van der Waals surface area contributed by atoms with Gasteiger partial charge in [0.2, 0.25) is 5.91 Å². The first kappa shape index (κ1) is 11.9. The van der Waals surface area contributed by atoms with Crippen LogP contribution in [0.15, 0.2) is 0 Å². The molecule has 16 heavy (non-hydrogen) atoms. The predicted molar refractivity (Wildman–Crippen MR) is 64.9 cm³/mol. The lowest BCUT2D eigenvalue weighted by Crippen LogP contribution is -2.59. The van der Waals surface area contributed by atoms with E-state index in [0.717, 1.165) is 31.6 Å². The molecule has 2 aliphatic carbocycles. The molecule has 0 saturated heterocycles. The van der Waals surface area contributed by atoms with E-state index in [2.05, 4.69) is 12.2 Å². The first-order chi connectivity index (χ1) is 7.65. The summed E-state index contributed by atoms with van der Waals surface area (Å²) in [7, 11) is 0. The fraction of sp³-hybridized carbons (Fsp3) is 0.923. The van der Waals surface area contributed by atoms with Gasteiger partial charge < -0.3 is 11.1 Å². The number of nitrogens with two attached hydrogens (primary N) is 1. The lowest BCUT2D eigenvalue weighted by Gasteiger charge is -2.43. The van der Waals surface area contributed by atoms with Crippen molar-refractivity contribution in [3.8, 4) is 0 Å². The average Bonchev–Trinajstić information content (AvgIpc) is 2.24. The van der Waals surface area contributed by atoms with Crippen molar-refractivity contribution in [3.05, 3.63) is 0 Å². The number of hydrogen-bond donors (Lipinski definition) is 2. The molecule has 1 amide bonds. The van der Waals surface area contributed by atoms with Gasteiger partial charge in [-0.05, 0) is 50.9 Å². The highest BCUT2D eigenvalue weighted by Gasteiger charge is 2.38. The van der Waals surface area contributed by atoms with Gasteiger partial charge in [-0.2, -0.15) is 0 Å². The molecule has 92 valence electrons. The molecule has 0 atom stereocenters. The second kappa shape index (κ2) is 4.74. The van der Waals surface area contributed by atoms with E-state index in [4.69, 9.17) is 5.73 Å². The van der Waals surface area contributed by atoms with Crippen molar-refractivity contribution in [2.75, 3.05) is 6.54 Å². The summed E-state index contributed by atoms with van der Waals surface area (Å²) in [6.07, 6.45) is 7.87. The van der Waals surface area contributed by atoms with Crippen LogP contribution in [0, 0.1) is 11.8 Å². The summed E-state index contributed by atoms with van der Waals surface area (Å²) in [5, 5.41) is 3.20. The molecule has 0 aliphatic heterocycles. The third kappa shape index (κ3) is 2.40. The van der Waals surface area contributed by atoms with Crippen LogP contribution in [-0.2, 0) is 4.79 Å². The Labute approximate surface area is 98.2 Å². The van der Waals surface area contributed by atoms with Crippen molar-refractivity contribution in [1.29, 1.82) is 0 Å². The fourth-order valence-corrected chi connectivity index (χ4v) is 2.87. The summed E-state index contributed by atoms with van der Waals surface area (Å²) < 4.78 is 0. The van der Waals surface area contributed by atoms with Gasteiger partial charge in [-0.1, -0.05) is 6.92 Å². The van der Waals surface area contributed by atoms with E-state index < -0.39 is 0 Å². The first-order valence-electron chi connectivity index (χ1n) is 6.67. The van der Waals surface area contributed by atoms with Gasteiger partial charge in [-0.25, -0.2) is 0 Å². The number of nitrogens with one attached hydrogen (secondary N) is 1. The minimum absolute atomic E-state index is 0.0415. The summed E-state index contributed by atoms with van der Waals surface area (Å²) >= 11 is 0. The van der Waals surface area contributed by atoms with Crippen LogP contribution in [0.25, 0.3) is 0 Å². The number of carbonyl (C=O) groups excluding carboxylic acids is 1. The largest absolute Gasteiger partial charge is 0.349 e. The third-order valence-corrected chi connectivity index (χ3v) is 4.48. The SMILES string of the molecule is CC1CCC(C(=O)NC2(CN)CCC2)CC1. The van der Waals surface area contributed by atoms with E-state index in [-0.39, 0.29) is 17.4 Å². The van der Waals surface area contributed by atoms with Crippen LogP contribution in [0.1, 0.15) is 51.9 Å². The molecular weight excluding hydrogens is 200 g/mol. The Hall–Kier alpha value is -0.570. The van der Waals surface area contributed by atoms with Gasteiger partial charge in [-0.3, -0.25) is 4.79 Å². The standard InChI is InChI=1S/C13H24N2O/c1-10-3-5-11(6-4-10)12(16)15-13(9-14)7-2-8-13/h10-11H,2-9,14H2,1H3,(H,15,16). The monoisotopic (exact) mass is 224 g/mol. The second-order valence-electron chi connectivity index (χ2n) is 5.78. The Morgan fingerprint density at radius 2 is 1.94 bits per heavy atom. The first-order valence-corrected chi connectivity index (χ1v) is 6.67. The van der Waals surface area contributed by atoms with E-state index in [0.29, 0.717) is 6.54 Å². The van der Waals surface area contributed by atoms with Crippen LogP contribution in [0.2, 0.25) is 0 Å². The van der Waals surface area contributed by atoms with Gasteiger partial charge in [0.1, 0.15) is 0 Å². The Bertz CT molecular complexity index is 247. The summed E-state index contributed by atoms with van der Waals surface area (Å²) in [6.45, 7) is 2.88. The van der Waals surface area contributed by atoms with Crippen molar-refractivity contribution >= 4 is 5.91 Å². The molecule has 0 radical (unpaired) electrons. The molecule has 3 N–H and O–H groups in total. The molecule has 0 unspecified atom stereocenters. The molecule has 0 aromatic heterocycles. The molecule has 0 aromatic carbocycles. The van der Waals surface area contributed by atoms with Crippen LogP contribution in [0.4, 0.5) is 0 Å². The Morgan fingerprint density at radius 1 is 1.31 bits per heavy atom. The van der Waals surface area contributed by atoms with Crippen LogP contribution in [0.3, 0.4) is 0 Å². The van der Waals surface area contributed by atoms with Crippen molar-refractivity contribution < 1.29 is 4.79 Å². The van der Waals surface area contributed by atoms with Gasteiger partial charge in [0, 0.05) is 12.5 Å². The zero-order valence-corrected chi connectivity index (χ0v) is 10.3. The molecule has 3 nitrogen and oxygen atoms in total. The molecule has 2 aliphatic rings. The maximum absolute atomic E-state index is 12.1. The minimum atomic E-state index is -0.0415.